The van der Waals surface area contributed by atoms with Crippen molar-refractivity contribution in [3.05, 3.63) is 52.7 Å². The molecular formula is C15H11F3N4OS. The first-order valence-corrected chi connectivity index (χ1v) is 7.67. The Kier molecular flexibility index (Phi) is 4.10. The van der Waals surface area contributed by atoms with Gasteiger partial charge in [0.1, 0.15) is 10.7 Å². The maximum Gasteiger partial charge on any atom is 0.416 e. The Morgan fingerprint density at radius 1 is 1.29 bits per heavy atom. The average Bonchev–Trinajstić information content (AvgIpc) is 3.16. The van der Waals surface area contributed by atoms with Crippen LogP contribution in [-0.4, -0.2) is 21.1 Å². The molecule has 0 spiro atoms. The number of rotatable bonds is 3. The van der Waals surface area contributed by atoms with Crippen LogP contribution < -0.4 is 5.32 Å². The Bertz CT molecular complexity index is 885. The van der Waals surface area contributed by atoms with Crippen LogP contribution in [0.5, 0.6) is 0 Å². The van der Waals surface area contributed by atoms with Gasteiger partial charge in [-0.15, -0.1) is 11.3 Å². The lowest BCUT2D eigenvalue weighted by molar-refractivity contribution is -0.137. The number of alkyl halides is 3. The molecule has 0 aliphatic carbocycles. The number of H-pyrrole nitrogens is 1. The van der Waals surface area contributed by atoms with Crippen LogP contribution in [0.2, 0.25) is 0 Å². The summed E-state index contributed by atoms with van der Waals surface area (Å²) in [6, 6.07) is 6.48. The van der Waals surface area contributed by atoms with Crippen molar-refractivity contribution in [2.45, 2.75) is 13.1 Å². The lowest BCUT2D eigenvalue weighted by atomic mass is 10.1. The fourth-order valence-corrected chi connectivity index (χ4v) is 2.80. The van der Waals surface area contributed by atoms with E-state index in [1.807, 2.05) is 0 Å². The molecule has 5 nitrogen and oxygen atoms in total. The minimum Gasteiger partial charge on any atom is -0.304 e. The molecule has 0 saturated carbocycles. The summed E-state index contributed by atoms with van der Waals surface area (Å²) in [5, 5.41) is 11.0. The normalized spacial score (nSPS) is 11.5. The van der Waals surface area contributed by atoms with Gasteiger partial charge in [-0.2, -0.15) is 18.3 Å². The van der Waals surface area contributed by atoms with E-state index >= 15 is 0 Å². The number of aromatic amines is 1. The number of carbonyl (C=O) groups excluding carboxylic acids is 1. The quantitative estimate of drug-likeness (QED) is 0.745. The third-order valence-corrected chi connectivity index (χ3v) is 4.01. The Morgan fingerprint density at radius 3 is 2.75 bits per heavy atom. The maximum atomic E-state index is 12.8. The summed E-state index contributed by atoms with van der Waals surface area (Å²) in [4.78, 5) is 16.2. The smallest absolute Gasteiger partial charge is 0.304 e. The summed E-state index contributed by atoms with van der Waals surface area (Å²) in [6.07, 6.45) is -4.43. The number of hydrogen-bond donors (Lipinski definition) is 2. The number of aromatic nitrogens is 3. The number of nitrogens with one attached hydrogen (secondary N) is 2. The zero-order chi connectivity index (χ0) is 17.3. The van der Waals surface area contributed by atoms with E-state index in [-0.39, 0.29) is 5.69 Å². The largest absolute Gasteiger partial charge is 0.416 e. The predicted octanol–water partition coefficient (Wildman–Crippen LogP) is 4.11. The van der Waals surface area contributed by atoms with Gasteiger partial charge in [0.15, 0.2) is 5.82 Å². The Hall–Kier alpha value is -2.68. The molecule has 1 amide bonds. The second-order valence-electron chi connectivity index (χ2n) is 5.01. The fourth-order valence-electron chi connectivity index (χ4n) is 2.00. The van der Waals surface area contributed by atoms with Gasteiger partial charge in [0, 0.05) is 22.7 Å². The van der Waals surface area contributed by atoms with Gasteiger partial charge in [-0.1, -0.05) is 12.1 Å². The van der Waals surface area contributed by atoms with E-state index in [0.717, 1.165) is 29.2 Å². The molecule has 0 aliphatic heterocycles. The lowest BCUT2D eigenvalue weighted by Gasteiger charge is -2.07. The fraction of sp³-hybridized carbons (Fsp3) is 0.133. The SMILES string of the molecule is Cc1cc(NC(=O)c2csc(-c3cccc(C(F)(F)F)c3)n2)n[nH]1. The molecule has 0 atom stereocenters. The van der Waals surface area contributed by atoms with E-state index in [2.05, 4.69) is 20.5 Å². The van der Waals surface area contributed by atoms with Gasteiger partial charge in [-0.25, -0.2) is 4.98 Å². The van der Waals surface area contributed by atoms with E-state index in [1.54, 1.807) is 13.0 Å². The summed E-state index contributed by atoms with van der Waals surface area (Å²) in [7, 11) is 0. The number of carbonyl (C=O) groups is 1. The molecule has 3 aromatic rings. The Morgan fingerprint density at radius 2 is 2.08 bits per heavy atom. The van der Waals surface area contributed by atoms with E-state index in [4.69, 9.17) is 0 Å². The molecule has 0 fully saturated rings. The number of halogens is 3. The molecule has 1 aromatic carbocycles. The predicted molar refractivity (Wildman–Crippen MR) is 83.8 cm³/mol. The van der Waals surface area contributed by atoms with Crippen LogP contribution in [0.15, 0.2) is 35.7 Å². The summed E-state index contributed by atoms with van der Waals surface area (Å²) in [6.45, 7) is 1.79. The van der Waals surface area contributed by atoms with Crippen LogP contribution in [0.1, 0.15) is 21.7 Å². The van der Waals surface area contributed by atoms with E-state index < -0.39 is 17.6 Å². The zero-order valence-corrected chi connectivity index (χ0v) is 13.1. The molecule has 0 bridgehead atoms. The molecular weight excluding hydrogens is 341 g/mol. The van der Waals surface area contributed by atoms with Crippen molar-refractivity contribution in [3.63, 3.8) is 0 Å². The van der Waals surface area contributed by atoms with Gasteiger partial charge in [0.2, 0.25) is 0 Å². The van der Waals surface area contributed by atoms with Crippen molar-refractivity contribution in [2.24, 2.45) is 0 Å². The molecule has 2 aromatic heterocycles. The summed E-state index contributed by atoms with van der Waals surface area (Å²) < 4.78 is 38.3. The minimum absolute atomic E-state index is 0.119. The van der Waals surface area contributed by atoms with Crippen LogP contribution in [0.3, 0.4) is 0 Å². The standard InChI is InChI=1S/C15H11F3N4OS/c1-8-5-12(22-21-8)20-13(23)11-7-24-14(19-11)9-3-2-4-10(6-9)15(16,17)18/h2-7H,1H3,(H2,20,21,22,23). The molecule has 9 heteroatoms. The first kappa shape index (κ1) is 16.2. The first-order valence-electron chi connectivity index (χ1n) is 6.79. The van der Waals surface area contributed by atoms with E-state index in [0.29, 0.717) is 16.4 Å². The summed E-state index contributed by atoms with van der Waals surface area (Å²) in [5.41, 5.74) is 0.457. The molecule has 2 heterocycles. The van der Waals surface area contributed by atoms with Crippen LogP contribution in [0.25, 0.3) is 10.6 Å². The second kappa shape index (κ2) is 6.08. The number of benzene rings is 1. The highest BCUT2D eigenvalue weighted by Crippen LogP contribution is 2.33. The number of aryl methyl sites for hydroxylation is 1. The average molecular weight is 352 g/mol. The van der Waals surface area contributed by atoms with Crippen molar-refractivity contribution in [3.8, 4) is 10.6 Å². The molecule has 124 valence electrons. The highest BCUT2D eigenvalue weighted by atomic mass is 32.1. The summed E-state index contributed by atoms with van der Waals surface area (Å²) in [5.74, 6) is -0.123. The number of amides is 1. The molecule has 2 N–H and O–H groups in total. The van der Waals surface area contributed by atoms with Gasteiger partial charge in [0.05, 0.1) is 5.56 Å². The maximum absolute atomic E-state index is 12.8. The molecule has 0 radical (unpaired) electrons. The number of thiazole rings is 1. The first-order chi connectivity index (χ1) is 11.3. The Labute approximate surface area is 138 Å². The van der Waals surface area contributed by atoms with Crippen molar-refractivity contribution in [1.29, 1.82) is 0 Å². The number of nitrogens with zero attached hydrogens (tertiary/aromatic N) is 2. The molecule has 0 aliphatic rings. The van der Waals surface area contributed by atoms with Crippen molar-refractivity contribution < 1.29 is 18.0 Å². The summed E-state index contributed by atoms with van der Waals surface area (Å²) >= 11 is 1.10. The van der Waals surface area contributed by atoms with Crippen molar-refractivity contribution >= 4 is 23.1 Å². The Balaban J connectivity index is 1.81. The van der Waals surface area contributed by atoms with Gasteiger partial charge in [-0.3, -0.25) is 9.89 Å². The monoisotopic (exact) mass is 352 g/mol. The van der Waals surface area contributed by atoms with Crippen LogP contribution in [0.4, 0.5) is 19.0 Å². The third kappa shape index (κ3) is 3.46. The van der Waals surface area contributed by atoms with Gasteiger partial charge >= 0.3 is 6.18 Å². The van der Waals surface area contributed by atoms with E-state index in [1.165, 1.54) is 17.5 Å². The van der Waals surface area contributed by atoms with Crippen LogP contribution in [-0.2, 0) is 6.18 Å². The molecule has 24 heavy (non-hydrogen) atoms. The van der Waals surface area contributed by atoms with Crippen molar-refractivity contribution in [2.75, 3.05) is 5.32 Å². The minimum atomic E-state index is -4.43. The van der Waals surface area contributed by atoms with Crippen LogP contribution >= 0.6 is 11.3 Å². The van der Waals surface area contributed by atoms with Gasteiger partial charge in [-0.05, 0) is 19.1 Å². The molecule has 3 rings (SSSR count). The second-order valence-corrected chi connectivity index (χ2v) is 5.86. The zero-order valence-electron chi connectivity index (χ0n) is 12.3. The lowest BCUT2D eigenvalue weighted by Crippen LogP contribution is -2.12. The molecule has 0 saturated heterocycles. The van der Waals surface area contributed by atoms with E-state index in [9.17, 15) is 18.0 Å². The topological polar surface area (TPSA) is 70.7 Å². The van der Waals surface area contributed by atoms with Gasteiger partial charge in [0.25, 0.3) is 5.91 Å². The highest BCUT2D eigenvalue weighted by molar-refractivity contribution is 7.13. The van der Waals surface area contributed by atoms with Gasteiger partial charge < -0.3 is 5.32 Å². The van der Waals surface area contributed by atoms with Crippen molar-refractivity contribution in [1.82, 2.24) is 15.2 Å². The number of hydrogen-bond acceptors (Lipinski definition) is 4. The number of anilines is 1. The third-order valence-electron chi connectivity index (χ3n) is 3.12. The van der Waals surface area contributed by atoms with Crippen LogP contribution in [0, 0.1) is 6.92 Å². The molecule has 0 unspecified atom stereocenters. The highest BCUT2D eigenvalue weighted by Gasteiger charge is 2.30.